The topological polar surface area (TPSA) is 57.0 Å². The van der Waals surface area contributed by atoms with Crippen LogP contribution < -0.4 is 0 Å². The maximum atomic E-state index is 12.6. The van der Waals surface area contributed by atoms with Crippen LogP contribution in [0.4, 0.5) is 0 Å². The lowest BCUT2D eigenvalue weighted by molar-refractivity contribution is 0.0746. The van der Waals surface area contributed by atoms with Crippen molar-refractivity contribution in [3.05, 3.63) is 28.5 Å². The van der Waals surface area contributed by atoms with Crippen molar-refractivity contribution < 1.29 is 4.79 Å². The second kappa shape index (κ2) is 6.23. The molecule has 0 atom stereocenters. The van der Waals surface area contributed by atoms with Crippen LogP contribution in [0.25, 0.3) is 0 Å². The molecule has 4 nitrogen and oxygen atoms in total. The summed E-state index contributed by atoms with van der Waals surface area (Å²) in [7, 11) is 0. The van der Waals surface area contributed by atoms with E-state index in [0.29, 0.717) is 23.7 Å². The number of amides is 1. The van der Waals surface area contributed by atoms with Crippen LogP contribution in [0.5, 0.6) is 0 Å². The molecule has 0 spiro atoms. The van der Waals surface area contributed by atoms with E-state index < -0.39 is 0 Å². The van der Waals surface area contributed by atoms with Crippen LogP contribution in [-0.4, -0.2) is 28.4 Å². The highest BCUT2D eigenvalue weighted by molar-refractivity contribution is 6.29. The van der Waals surface area contributed by atoms with Crippen LogP contribution in [0.2, 0.25) is 5.15 Å². The molecule has 106 valence electrons. The predicted octanol–water partition coefficient (Wildman–Crippen LogP) is 3.38. The maximum Gasteiger partial charge on any atom is 0.254 e. The normalized spacial score (nSPS) is 14.2. The number of nitrogens with zero attached hydrogens (tertiary/aromatic N) is 3. The molecule has 0 unspecified atom stereocenters. The molecule has 1 amide bonds. The van der Waals surface area contributed by atoms with Gasteiger partial charge in [-0.25, -0.2) is 4.98 Å². The zero-order valence-corrected chi connectivity index (χ0v) is 12.5. The summed E-state index contributed by atoms with van der Waals surface area (Å²) < 4.78 is 0. The van der Waals surface area contributed by atoms with Crippen LogP contribution in [0.3, 0.4) is 0 Å². The van der Waals surface area contributed by atoms with Gasteiger partial charge in [0.25, 0.3) is 5.91 Å². The Hall–Kier alpha value is -1.60. The number of hydrogen-bond acceptors (Lipinski definition) is 3. The minimum atomic E-state index is -0.0473. The van der Waals surface area contributed by atoms with Gasteiger partial charge < -0.3 is 4.90 Å². The molecule has 1 aromatic rings. The van der Waals surface area contributed by atoms with E-state index in [1.165, 1.54) is 0 Å². The van der Waals surface area contributed by atoms with E-state index in [1.54, 1.807) is 17.0 Å². The largest absolute Gasteiger partial charge is 0.335 e. The molecule has 1 saturated carbocycles. The highest BCUT2D eigenvalue weighted by Crippen LogP contribution is 2.29. The molecule has 0 aliphatic heterocycles. The molecule has 0 saturated heterocycles. The Kier molecular flexibility index (Phi) is 4.61. The average Bonchev–Trinajstić information content (AvgIpc) is 3.22. The molecule has 1 aliphatic carbocycles. The maximum absolute atomic E-state index is 12.6. The van der Waals surface area contributed by atoms with E-state index in [1.807, 2.05) is 13.8 Å². The first-order chi connectivity index (χ1) is 9.52. The van der Waals surface area contributed by atoms with Crippen LogP contribution in [0.1, 0.15) is 55.1 Å². The summed E-state index contributed by atoms with van der Waals surface area (Å²) in [5.74, 6) is 0.169. The van der Waals surface area contributed by atoms with Crippen molar-refractivity contribution in [3.63, 3.8) is 0 Å². The third-order valence-corrected chi connectivity index (χ3v) is 3.56. The number of aromatic nitrogens is 1. The average molecular weight is 292 g/mol. The Morgan fingerprint density at radius 1 is 1.55 bits per heavy atom. The van der Waals surface area contributed by atoms with Gasteiger partial charge in [-0.2, -0.15) is 5.26 Å². The van der Waals surface area contributed by atoms with Gasteiger partial charge >= 0.3 is 0 Å². The van der Waals surface area contributed by atoms with Gasteiger partial charge in [0.2, 0.25) is 0 Å². The van der Waals surface area contributed by atoms with Crippen molar-refractivity contribution in [2.75, 3.05) is 6.54 Å². The minimum absolute atomic E-state index is 0.0473. The SMILES string of the molecule is CC(C)c1cc(C(=O)N(CCC#N)C2CC2)cc(Cl)n1. The Morgan fingerprint density at radius 2 is 2.25 bits per heavy atom. The Bertz CT molecular complexity index is 547. The van der Waals surface area contributed by atoms with Crippen molar-refractivity contribution in [1.82, 2.24) is 9.88 Å². The number of hydrogen-bond donors (Lipinski definition) is 0. The van der Waals surface area contributed by atoms with Gasteiger partial charge in [-0.3, -0.25) is 4.79 Å². The lowest BCUT2D eigenvalue weighted by Crippen LogP contribution is -2.34. The van der Waals surface area contributed by atoms with E-state index in [4.69, 9.17) is 16.9 Å². The molecule has 1 heterocycles. The van der Waals surface area contributed by atoms with Crippen molar-refractivity contribution in [2.24, 2.45) is 0 Å². The molecule has 1 aromatic heterocycles. The van der Waals surface area contributed by atoms with Gasteiger partial charge in [-0.05, 0) is 30.9 Å². The van der Waals surface area contributed by atoms with E-state index in [2.05, 4.69) is 11.1 Å². The standard InChI is InChI=1S/C15H18ClN3O/c1-10(2)13-8-11(9-14(16)18-13)15(20)19(7-3-6-17)12-4-5-12/h8-10,12H,3-5,7H2,1-2H3. The number of nitriles is 1. The fourth-order valence-electron chi connectivity index (χ4n) is 2.11. The lowest BCUT2D eigenvalue weighted by atomic mass is 10.1. The Labute approximate surface area is 124 Å². The summed E-state index contributed by atoms with van der Waals surface area (Å²) in [4.78, 5) is 18.6. The zero-order valence-electron chi connectivity index (χ0n) is 11.8. The van der Waals surface area contributed by atoms with Gasteiger partial charge in [-0.1, -0.05) is 25.4 Å². The molecule has 20 heavy (non-hydrogen) atoms. The minimum Gasteiger partial charge on any atom is -0.335 e. The Balaban J connectivity index is 2.24. The van der Waals surface area contributed by atoms with E-state index in [9.17, 15) is 4.79 Å². The Morgan fingerprint density at radius 3 is 2.80 bits per heavy atom. The van der Waals surface area contributed by atoms with Crippen LogP contribution >= 0.6 is 11.6 Å². The molecular weight excluding hydrogens is 274 g/mol. The molecular formula is C15H18ClN3O. The zero-order chi connectivity index (χ0) is 14.7. The van der Waals surface area contributed by atoms with Gasteiger partial charge in [-0.15, -0.1) is 0 Å². The monoisotopic (exact) mass is 291 g/mol. The highest BCUT2D eigenvalue weighted by Gasteiger charge is 2.33. The van der Waals surface area contributed by atoms with Gasteiger partial charge in [0.05, 0.1) is 12.5 Å². The van der Waals surface area contributed by atoms with Crippen molar-refractivity contribution >= 4 is 17.5 Å². The molecule has 0 bridgehead atoms. The third-order valence-electron chi connectivity index (χ3n) is 3.37. The number of carbonyl (C=O) groups is 1. The molecule has 1 fully saturated rings. The molecule has 2 rings (SSSR count). The van der Waals surface area contributed by atoms with E-state index in [0.717, 1.165) is 18.5 Å². The van der Waals surface area contributed by atoms with E-state index >= 15 is 0 Å². The second-order valence-electron chi connectivity index (χ2n) is 5.40. The number of rotatable bonds is 5. The second-order valence-corrected chi connectivity index (χ2v) is 5.78. The van der Waals surface area contributed by atoms with Gasteiger partial charge in [0.1, 0.15) is 5.15 Å². The van der Waals surface area contributed by atoms with Gasteiger partial charge in [0.15, 0.2) is 0 Å². The fourth-order valence-corrected chi connectivity index (χ4v) is 2.32. The summed E-state index contributed by atoms with van der Waals surface area (Å²) in [6, 6.07) is 5.79. The summed E-state index contributed by atoms with van der Waals surface area (Å²) in [6.07, 6.45) is 2.40. The van der Waals surface area contributed by atoms with Crippen LogP contribution in [0, 0.1) is 11.3 Å². The lowest BCUT2D eigenvalue weighted by Gasteiger charge is -2.21. The predicted molar refractivity (Wildman–Crippen MR) is 77.6 cm³/mol. The molecule has 1 aliphatic rings. The number of halogens is 1. The van der Waals surface area contributed by atoms with E-state index in [-0.39, 0.29) is 17.9 Å². The first-order valence-corrected chi connectivity index (χ1v) is 7.26. The van der Waals surface area contributed by atoms with Crippen molar-refractivity contribution in [2.45, 2.75) is 45.1 Å². The summed E-state index contributed by atoms with van der Waals surface area (Å²) >= 11 is 6.01. The third kappa shape index (κ3) is 3.49. The van der Waals surface area contributed by atoms with Crippen LogP contribution in [-0.2, 0) is 0 Å². The summed E-state index contributed by atoms with van der Waals surface area (Å²) in [5, 5.41) is 9.05. The summed E-state index contributed by atoms with van der Waals surface area (Å²) in [6.45, 7) is 4.51. The first kappa shape index (κ1) is 14.8. The van der Waals surface area contributed by atoms with Gasteiger partial charge in [0, 0.05) is 23.8 Å². The molecule has 5 heteroatoms. The quantitative estimate of drug-likeness (QED) is 0.782. The van der Waals surface area contributed by atoms with Crippen molar-refractivity contribution in [3.8, 4) is 6.07 Å². The smallest absolute Gasteiger partial charge is 0.254 e. The molecule has 0 N–H and O–H groups in total. The van der Waals surface area contributed by atoms with Crippen LogP contribution in [0.15, 0.2) is 12.1 Å². The molecule has 0 aromatic carbocycles. The number of carbonyl (C=O) groups excluding carboxylic acids is 1. The molecule has 0 radical (unpaired) electrons. The van der Waals surface area contributed by atoms with Crippen molar-refractivity contribution in [1.29, 1.82) is 5.26 Å². The highest BCUT2D eigenvalue weighted by atomic mass is 35.5. The first-order valence-electron chi connectivity index (χ1n) is 6.88. The summed E-state index contributed by atoms with van der Waals surface area (Å²) in [5.41, 5.74) is 1.38. The number of pyridine rings is 1. The fraction of sp³-hybridized carbons (Fsp3) is 0.533.